The first-order valence-electron chi connectivity index (χ1n) is 9.73. The van der Waals surface area contributed by atoms with Gasteiger partial charge in [-0.3, -0.25) is 14.4 Å². The SMILES string of the molecule is Cc1ccc(NC(=O)c2noc([C@@H](C)NC(=O)c3ncnc4c3NCC(=O)N4)n2)cc1C. The van der Waals surface area contributed by atoms with E-state index in [1.807, 2.05) is 26.0 Å². The molecule has 1 aliphatic heterocycles. The number of aryl methyl sites for hydroxylation is 2. The van der Waals surface area contributed by atoms with Crippen molar-refractivity contribution in [3.8, 4) is 0 Å². The van der Waals surface area contributed by atoms with Gasteiger partial charge in [0.2, 0.25) is 11.8 Å². The van der Waals surface area contributed by atoms with Gasteiger partial charge < -0.3 is 25.8 Å². The molecule has 164 valence electrons. The fourth-order valence-electron chi connectivity index (χ4n) is 3.00. The van der Waals surface area contributed by atoms with Gasteiger partial charge in [-0.05, 0) is 44.0 Å². The standard InChI is InChI=1S/C20H20N8O4/c1-9-4-5-12(6-10(9)2)25-19(31)17-27-20(32-28-17)11(3)24-18(30)15-14-16(23-8-22-15)26-13(29)7-21-14/h4-6,8,11,21H,7H2,1-3H3,(H,24,30)(H,25,31)(H,22,23,26,29)/t11-/m1/s1. The molecule has 0 fully saturated rings. The molecule has 1 aromatic carbocycles. The van der Waals surface area contributed by atoms with Crippen LogP contribution in [0.1, 0.15) is 51.1 Å². The number of hydrogen-bond donors (Lipinski definition) is 4. The maximum atomic E-state index is 12.7. The monoisotopic (exact) mass is 436 g/mol. The van der Waals surface area contributed by atoms with Crippen LogP contribution in [0.5, 0.6) is 0 Å². The van der Waals surface area contributed by atoms with Crippen molar-refractivity contribution in [1.29, 1.82) is 0 Å². The minimum absolute atomic E-state index is 0.00115. The summed E-state index contributed by atoms with van der Waals surface area (Å²) in [6.07, 6.45) is 1.17. The molecule has 3 aromatic rings. The Balaban J connectivity index is 1.44. The van der Waals surface area contributed by atoms with Crippen molar-refractivity contribution in [3.05, 3.63) is 53.1 Å². The van der Waals surface area contributed by atoms with Gasteiger partial charge in [-0.15, -0.1) is 0 Å². The first-order valence-corrected chi connectivity index (χ1v) is 9.73. The molecule has 0 aliphatic carbocycles. The number of benzene rings is 1. The third-order valence-corrected chi connectivity index (χ3v) is 4.87. The predicted molar refractivity (Wildman–Crippen MR) is 113 cm³/mol. The van der Waals surface area contributed by atoms with Crippen molar-refractivity contribution in [2.45, 2.75) is 26.8 Å². The first kappa shape index (κ1) is 20.9. The lowest BCUT2D eigenvalue weighted by Crippen LogP contribution is -2.33. The van der Waals surface area contributed by atoms with Crippen LogP contribution in [0.4, 0.5) is 17.2 Å². The molecule has 3 amide bonds. The average Bonchev–Trinajstić information content (AvgIpc) is 3.26. The lowest BCUT2D eigenvalue weighted by atomic mass is 10.1. The molecule has 1 aliphatic rings. The summed E-state index contributed by atoms with van der Waals surface area (Å²) in [4.78, 5) is 48.6. The summed E-state index contributed by atoms with van der Waals surface area (Å²) in [7, 11) is 0. The molecular weight excluding hydrogens is 416 g/mol. The lowest BCUT2D eigenvalue weighted by Gasteiger charge is -2.19. The first-order chi connectivity index (χ1) is 15.3. The summed E-state index contributed by atoms with van der Waals surface area (Å²) in [5.41, 5.74) is 3.12. The van der Waals surface area contributed by atoms with Crippen LogP contribution in [0.15, 0.2) is 29.0 Å². The summed E-state index contributed by atoms with van der Waals surface area (Å²) in [5, 5.41) is 14.5. The number of fused-ring (bicyclic) bond motifs is 1. The quantitative estimate of drug-likeness (QED) is 0.465. The van der Waals surface area contributed by atoms with Gasteiger partial charge in [-0.2, -0.15) is 4.98 Å². The molecule has 12 nitrogen and oxygen atoms in total. The number of rotatable bonds is 5. The van der Waals surface area contributed by atoms with E-state index in [-0.39, 0.29) is 35.7 Å². The van der Waals surface area contributed by atoms with E-state index in [9.17, 15) is 14.4 Å². The van der Waals surface area contributed by atoms with E-state index in [0.717, 1.165) is 11.1 Å². The molecule has 1 atom stereocenters. The van der Waals surface area contributed by atoms with E-state index in [1.54, 1.807) is 13.0 Å². The van der Waals surface area contributed by atoms with Crippen LogP contribution in [-0.2, 0) is 4.79 Å². The Kier molecular flexibility index (Phi) is 5.50. The highest BCUT2D eigenvalue weighted by Crippen LogP contribution is 2.25. The molecular formula is C20H20N8O4. The maximum absolute atomic E-state index is 12.7. The minimum atomic E-state index is -0.707. The second-order valence-electron chi connectivity index (χ2n) is 7.25. The van der Waals surface area contributed by atoms with Crippen molar-refractivity contribution in [2.75, 3.05) is 22.5 Å². The van der Waals surface area contributed by atoms with Gasteiger partial charge in [0, 0.05) is 5.69 Å². The van der Waals surface area contributed by atoms with E-state index in [4.69, 9.17) is 4.52 Å². The number of carbonyl (C=O) groups excluding carboxylic acids is 3. The summed E-state index contributed by atoms with van der Waals surface area (Å²) >= 11 is 0. The molecule has 0 saturated heterocycles. The molecule has 4 rings (SSSR count). The molecule has 0 unspecified atom stereocenters. The fraction of sp³-hybridized carbons (Fsp3) is 0.250. The molecule has 0 saturated carbocycles. The van der Waals surface area contributed by atoms with Crippen LogP contribution in [0.2, 0.25) is 0 Å². The third-order valence-electron chi connectivity index (χ3n) is 4.87. The number of nitrogens with zero attached hydrogens (tertiary/aromatic N) is 4. The molecule has 32 heavy (non-hydrogen) atoms. The van der Waals surface area contributed by atoms with Gasteiger partial charge in [-0.25, -0.2) is 9.97 Å². The van der Waals surface area contributed by atoms with Crippen LogP contribution < -0.4 is 21.3 Å². The summed E-state index contributed by atoms with van der Waals surface area (Å²) in [6.45, 7) is 5.55. The Labute approximate surface area is 182 Å². The normalized spacial score (nSPS) is 13.4. The van der Waals surface area contributed by atoms with Crippen molar-refractivity contribution in [3.63, 3.8) is 0 Å². The van der Waals surface area contributed by atoms with Crippen molar-refractivity contribution in [1.82, 2.24) is 25.4 Å². The molecule has 4 N–H and O–H groups in total. The highest BCUT2D eigenvalue weighted by molar-refractivity contribution is 6.06. The van der Waals surface area contributed by atoms with Gasteiger partial charge in [0.1, 0.15) is 18.1 Å². The molecule has 3 heterocycles. The zero-order valence-electron chi connectivity index (χ0n) is 17.5. The smallest absolute Gasteiger partial charge is 0.297 e. The molecule has 12 heteroatoms. The summed E-state index contributed by atoms with van der Waals surface area (Å²) in [5.74, 6) is -1.24. The van der Waals surface area contributed by atoms with E-state index >= 15 is 0 Å². The second-order valence-corrected chi connectivity index (χ2v) is 7.25. The molecule has 2 aromatic heterocycles. The van der Waals surface area contributed by atoms with Gasteiger partial charge in [0.15, 0.2) is 11.5 Å². The third kappa shape index (κ3) is 4.24. The Morgan fingerprint density at radius 1 is 1.16 bits per heavy atom. The largest absolute Gasteiger partial charge is 0.371 e. The summed E-state index contributed by atoms with van der Waals surface area (Å²) in [6, 6.07) is 4.82. The van der Waals surface area contributed by atoms with E-state index < -0.39 is 17.9 Å². The number of carbonyl (C=O) groups is 3. The van der Waals surface area contributed by atoms with Crippen LogP contribution in [0.25, 0.3) is 0 Å². The van der Waals surface area contributed by atoms with E-state index in [1.165, 1.54) is 6.33 Å². The van der Waals surface area contributed by atoms with Crippen molar-refractivity contribution in [2.24, 2.45) is 0 Å². The summed E-state index contributed by atoms with van der Waals surface area (Å²) < 4.78 is 5.15. The van der Waals surface area contributed by atoms with Crippen LogP contribution in [0.3, 0.4) is 0 Å². The van der Waals surface area contributed by atoms with Crippen LogP contribution in [-0.4, -0.2) is 44.4 Å². The van der Waals surface area contributed by atoms with Gasteiger partial charge in [-0.1, -0.05) is 11.2 Å². The fourth-order valence-corrected chi connectivity index (χ4v) is 3.00. The topological polar surface area (TPSA) is 164 Å². The Morgan fingerprint density at radius 3 is 2.75 bits per heavy atom. The van der Waals surface area contributed by atoms with Crippen molar-refractivity contribution >= 4 is 34.9 Å². The van der Waals surface area contributed by atoms with Crippen LogP contribution in [0, 0.1) is 13.8 Å². The van der Waals surface area contributed by atoms with Crippen molar-refractivity contribution < 1.29 is 18.9 Å². The minimum Gasteiger partial charge on any atom is -0.371 e. The Bertz CT molecular complexity index is 1220. The number of anilines is 3. The predicted octanol–water partition coefficient (Wildman–Crippen LogP) is 1.58. The number of aromatic nitrogens is 4. The molecule has 0 bridgehead atoms. The zero-order valence-corrected chi connectivity index (χ0v) is 17.5. The van der Waals surface area contributed by atoms with Gasteiger partial charge in [0.05, 0.1) is 6.54 Å². The highest BCUT2D eigenvalue weighted by atomic mass is 16.5. The maximum Gasteiger partial charge on any atom is 0.297 e. The number of nitrogens with one attached hydrogen (secondary N) is 4. The number of amides is 3. The average molecular weight is 436 g/mol. The van der Waals surface area contributed by atoms with E-state index in [2.05, 4.69) is 41.4 Å². The van der Waals surface area contributed by atoms with Gasteiger partial charge in [0.25, 0.3) is 17.6 Å². The Hall–Kier alpha value is -4.35. The van der Waals surface area contributed by atoms with Gasteiger partial charge >= 0.3 is 0 Å². The highest BCUT2D eigenvalue weighted by Gasteiger charge is 2.26. The zero-order chi connectivity index (χ0) is 22.8. The second kappa shape index (κ2) is 8.41. The van der Waals surface area contributed by atoms with Crippen LogP contribution >= 0.6 is 0 Å². The lowest BCUT2D eigenvalue weighted by molar-refractivity contribution is -0.114. The Morgan fingerprint density at radius 2 is 1.97 bits per heavy atom. The number of hydrogen-bond acceptors (Lipinski definition) is 9. The molecule has 0 radical (unpaired) electrons. The molecule has 0 spiro atoms. The van der Waals surface area contributed by atoms with E-state index in [0.29, 0.717) is 11.4 Å².